The maximum Gasteiger partial charge on any atom is 0.352 e. The highest BCUT2D eigenvalue weighted by atomic mass is 16.4. The Kier molecular flexibility index (Phi) is 1.87. The molecule has 0 atom stereocenters. The van der Waals surface area contributed by atoms with E-state index in [2.05, 4.69) is 25.6 Å². The van der Waals surface area contributed by atoms with Gasteiger partial charge in [0.1, 0.15) is 17.0 Å². The number of aromatic carboxylic acids is 1. The van der Waals surface area contributed by atoms with Gasteiger partial charge in [-0.25, -0.2) is 9.78 Å². The Morgan fingerprint density at radius 3 is 3.00 bits per heavy atom. The van der Waals surface area contributed by atoms with E-state index in [9.17, 15) is 4.79 Å². The van der Waals surface area contributed by atoms with E-state index >= 15 is 0 Å². The molecule has 0 aliphatic heterocycles. The first-order valence-electron chi connectivity index (χ1n) is 4.71. The summed E-state index contributed by atoms with van der Waals surface area (Å²) in [7, 11) is 0. The first-order valence-corrected chi connectivity index (χ1v) is 4.71. The number of nitrogens with zero attached hydrogens (tertiary/aromatic N) is 5. The molecule has 8 heteroatoms. The van der Waals surface area contributed by atoms with Crippen LogP contribution in [-0.4, -0.2) is 41.1 Å². The molecule has 0 aromatic carbocycles. The number of imidazole rings is 1. The third-order valence-electron chi connectivity index (χ3n) is 2.29. The smallest absolute Gasteiger partial charge is 0.352 e. The molecule has 0 spiro atoms. The average Bonchev–Trinajstić information content (AvgIpc) is 2.96. The van der Waals surface area contributed by atoms with Gasteiger partial charge in [0.2, 0.25) is 5.82 Å². The normalized spacial score (nSPS) is 10.8. The Balaban J connectivity index is 2.26. The van der Waals surface area contributed by atoms with Gasteiger partial charge in [-0.2, -0.15) is 5.21 Å². The number of carboxylic acids is 1. The van der Waals surface area contributed by atoms with Gasteiger partial charge >= 0.3 is 5.97 Å². The van der Waals surface area contributed by atoms with Crippen molar-refractivity contribution in [3.8, 4) is 11.5 Å². The lowest BCUT2D eigenvalue weighted by Gasteiger charge is -1.97. The molecule has 0 aliphatic rings. The van der Waals surface area contributed by atoms with Crippen molar-refractivity contribution >= 4 is 11.6 Å². The molecular weight excluding hydrogens is 224 g/mol. The van der Waals surface area contributed by atoms with Crippen LogP contribution >= 0.6 is 0 Å². The van der Waals surface area contributed by atoms with E-state index in [0.717, 1.165) is 0 Å². The number of carboxylic acid groups (broad SMARTS) is 1. The first kappa shape index (κ1) is 9.46. The summed E-state index contributed by atoms with van der Waals surface area (Å²) >= 11 is 0. The number of carbonyl (C=O) groups is 1. The summed E-state index contributed by atoms with van der Waals surface area (Å²) in [5, 5.41) is 22.3. The standard InChI is InChI=1S/C9H6N6O2/c16-9(17)6-2-1-3-7-10-5(4-15(6)7)8-11-13-14-12-8/h1-4H,(H,16,17)(H,11,12,13,14). The van der Waals surface area contributed by atoms with Gasteiger partial charge in [-0.3, -0.25) is 4.40 Å². The molecule has 3 rings (SSSR count). The summed E-state index contributed by atoms with van der Waals surface area (Å²) in [6.45, 7) is 0. The lowest BCUT2D eigenvalue weighted by Crippen LogP contribution is -2.03. The average molecular weight is 230 g/mol. The molecule has 0 radical (unpaired) electrons. The van der Waals surface area contributed by atoms with Crippen molar-refractivity contribution in [1.29, 1.82) is 0 Å². The van der Waals surface area contributed by atoms with Crippen LogP contribution in [0, 0.1) is 0 Å². The summed E-state index contributed by atoms with van der Waals surface area (Å²) in [6, 6.07) is 4.83. The Hall–Kier alpha value is -2.77. The van der Waals surface area contributed by atoms with Crippen molar-refractivity contribution in [1.82, 2.24) is 30.0 Å². The van der Waals surface area contributed by atoms with Crippen molar-refractivity contribution < 1.29 is 9.90 Å². The number of rotatable bonds is 2. The number of fused-ring (bicyclic) bond motifs is 1. The Morgan fingerprint density at radius 2 is 2.29 bits per heavy atom. The third kappa shape index (κ3) is 1.42. The highest BCUT2D eigenvalue weighted by molar-refractivity contribution is 5.86. The van der Waals surface area contributed by atoms with Crippen LogP contribution in [0.3, 0.4) is 0 Å². The molecule has 0 amide bonds. The number of hydrogen-bond donors (Lipinski definition) is 2. The van der Waals surface area contributed by atoms with Gasteiger partial charge in [0.25, 0.3) is 0 Å². The fourth-order valence-corrected chi connectivity index (χ4v) is 1.56. The fourth-order valence-electron chi connectivity index (χ4n) is 1.56. The van der Waals surface area contributed by atoms with Crippen LogP contribution in [0.4, 0.5) is 0 Å². The number of H-pyrrole nitrogens is 1. The number of pyridine rings is 1. The lowest BCUT2D eigenvalue weighted by atomic mass is 10.3. The van der Waals surface area contributed by atoms with Crippen LogP contribution in [-0.2, 0) is 0 Å². The second-order valence-electron chi connectivity index (χ2n) is 3.31. The molecule has 0 saturated carbocycles. The number of tetrazole rings is 1. The van der Waals surface area contributed by atoms with Gasteiger partial charge in [0, 0.05) is 6.20 Å². The second-order valence-corrected chi connectivity index (χ2v) is 3.31. The molecular formula is C9H6N6O2. The monoisotopic (exact) mass is 230 g/mol. The summed E-state index contributed by atoms with van der Waals surface area (Å²) in [4.78, 5) is 15.2. The molecule has 84 valence electrons. The summed E-state index contributed by atoms with van der Waals surface area (Å²) in [5.41, 5.74) is 1.11. The van der Waals surface area contributed by atoms with E-state index < -0.39 is 5.97 Å². The number of aromatic nitrogens is 6. The Bertz CT molecular complexity index is 687. The zero-order chi connectivity index (χ0) is 11.8. The van der Waals surface area contributed by atoms with Gasteiger partial charge in [0.05, 0.1) is 0 Å². The SMILES string of the molecule is O=C(O)c1cccc2nc(-c3nn[nH]n3)cn12. The van der Waals surface area contributed by atoms with Gasteiger partial charge in [-0.1, -0.05) is 6.07 Å². The second kappa shape index (κ2) is 3.37. The Morgan fingerprint density at radius 1 is 1.41 bits per heavy atom. The topological polar surface area (TPSA) is 109 Å². The first-order chi connectivity index (χ1) is 8.25. The highest BCUT2D eigenvalue weighted by Crippen LogP contribution is 2.15. The predicted octanol–water partition coefficient (Wildman–Crippen LogP) is 0.213. The van der Waals surface area contributed by atoms with E-state index in [0.29, 0.717) is 17.2 Å². The molecule has 3 heterocycles. The minimum absolute atomic E-state index is 0.129. The quantitative estimate of drug-likeness (QED) is 0.651. The van der Waals surface area contributed by atoms with E-state index in [1.54, 1.807) is 18.3 Å². The molecule has 0 unspecified atom stereocenters. The van der Waals surface area contributed by atoms with Crippen LogP contribution < -0.4 is 0 Å². The molecule has 3 aromatic rings. The largest absolute Gasteiger partial charge is 0.477 e. The molecule has 0 bridgehead atoms. The number of aromatic amines is 1. The third-order valence-corrected chi connectivity index (χ3v) is 2.29. The Labute approximate surface area is 93.9 Å². The van der Waals surface area contributed by atoms with Crippen molar-refractivity contribution in [2.75, 3.05) is 0 Å². The number of hydrogen-bond acceptors (Lipinski definition) is 5. The number of nitrogens with one attached hydrogen (secondary N) is 1. The van der Waals surface area contributed by atoms with Crippen molar-refractivity contribution in [3.63, 3.8) is 0 Å². The van der Waals surface area contributed by atoms with Crippen LogP contribution in [0.25, 0.3) is 17.2 Å². The van der Waals surface area contributed by atoms with E-state index in [1.165, 1.54) is 10.5 Å². The minimum atomic E-state index is -1.02. The van der Waals surface area contributed by atoms with E-state index in [-0.39, 0.29) is 5.69 Å². The van der Waals surface area contributed by atoms with Gasteiger partial charge in [0.15, 0.2) is 0 Å². The molecule has 0 saturated heterocycles. The predicted molar refractivity (Wildman–Crippen MR) is 55.3 cm³/mol. The summed E-state index contributed by atoms with van der Waals surface area (Å²) in [6.07, 6.45) is 1.56. The van der Waals surface area contributed by atoms with E-state index in [4.69, 9.17) is 5.11 Å². The van der Waals surface area contributed by atoms with Gasteiger partial charge in [-0.05, 0) is 17.3 Å². The van der Waals surface area contributed by atoms with Crippen LogP contribution in [0.2, 0.25) is 0 Å². The van der Waals surface area contributed by atoms with Crippen LogP contribution in [0.1, 0.15) is 10.5 Å². The molecule has 8 nitrogen and oxygen atoms in total. The maximum atomic E-state index is 11.0. The van der Waals surface area contributed by atoms with Crippen LogP contribution in [0.5, 0.6) is 0 Å². The molecule has 3 aromatic heterocycles. The molecule has 2 N–H and O–H groups in total. The van der Waals surface area contributed by atoms with Gasteiger partial charge < -0.3 is 5.11 Å². The minimum Gasteiger partial charge on any atom is -0.477 e. The van der Waals surface area contributed by atoms with E-state index in [1.807, 2.05) is 0 Å². The summed E-state index contributed by atoms with van der Waals surface area (Å²) in [5.74, 6) is -0.697. The molecule has 17 heavy (non-hydrogen) atoms. The highest BCUT2D eigenvalue weighted by Gasteiger charge is 2.13. The van der Waals surface area contributed by atoms with Crippen molar-refractivity contribution in [2.24, 2.45) is 0 Å². The van der Waals surface area contributed by atoms with Crippen molar-refractivity contribution in [2.45, 2.75) is 0 Å². The maximum absolute atomic E-state index is 11.0. The van der Waals surface area contributed by atoms with Gasteiger partial charge in [-0.15, -0.1) is 10.2 Å². The molecule has 0 aliphatic carbocycles. The summed E-state index contributed by atoms with van der Waals surface area (Å²) < 4.78 is 1.47. The molecule has 0 fully saturated rings. The zero-order valence-corrected chi connectivity index (χ0v) is 8.40. The van der Waals surface area contributed by atoms with Crippen LogP contribution in [0.15, 0.2) is 24.4 Å². The van der Waals surface area contributed by atoms with Crippen molar-refractivity contribution in [3.05, 3.63) is 30.1 Å². The lowest BCUT2D eigenvalue weighted by molar-refractivity contribution is 0.0689. The fraction of sp³-hybridized carbons (Fsp3) is 0. The zero-order valence-electron chi connectivity index (χ0n) is 8.40.